The standard InChI is InChI=1S/C26H26NO2P/c1-17(2)27(18(3)4)30-28-23-15-13-19-9-5-7-11-21(19)25(23)26-22-12-8-6-10-20(22)14-16-24(26)29-30/h5-18H,1-4H3. The first-order chi connectivity index (χ1) is 14.5. The number of hydrogen-bond donors (Lipinski definition) is 0. The van der Waals surface area contributed by atoms with Crippen LogP contribution >= 0.6 is 8.16 Å². The smallest absolute Gasteiger partial charge is 0.310 e. The highest BCUT2D eigenvalue weighted by atomic mass is 31.1. The van der Waals surface area contributed by atoms with Gasteiger partial charge in [0, 0.05) is 22.9 Å². The lowest BCUT2D eigenvalue weighted by Gasteiger charge is -2.26. The lowest BCUT2D eigenvalue weighted by Crippen LogP contribution is -2.34. The van der Waals surface area contributed by atoms with Crippen LogP contribution in [0, 0.1) is 0 Å². The summed E-state index contributed by atoms with van der Waals surface area (Å²) in [6, 6.07) is 26.1. The summed E-state index contributed by atoms with van der Waals surface area (Å²) in [7, 11) is -1.29. The van der Waals surface area contributed by atoms with Crippen LogP contribution in [0.25, 0.3) is 43.5 Å². The van der Waals surface area contributed by atoms with Gasteiger partial charge < -0.3 is 8.39 Å². The Morgan fingerprint density at radius 1 is 0.600 bits per heavy atom. The summed E-state index contributed by atoms with van der Waals surface area (Å²) in [6.07, 6.45) is 0. The minimum atomic E-state index is -1.29. The van der Waals surface area contributed by atoms with Crippen molar-refractivity contribution in [2.45, 2.75) is 39.8 Å². The van der Waals surface area contributed by atoms with Crippen molar-refractivity contribution in [1.82, 2.24) is 0 Å². The number of fused-ring (bicyclic) bond motifs is 7. The molecule has 0 N–H and O–H groups in total. The van der Waals surface area contributed by atoms with Gasteiger partial charge in [-0.2, -0.15) is 4.67 Å². The maximum atomic E-state index is 6.65. The molecule has 3 nitrogen and oxygen atoms in total. The molecule has 0 aliphatic heterocycles. The van der Waals surface area contributed by atoms with Gasteiger partial charge in [0.15, 0.2) is 0 Å². The maximum absolute atomic E-state index is 6.65. The van der Waals surface area contributed by atoms with Crippen molar-refractivity contribution >= 4 is 51.6 Å². The predicted octanol–water partition coefficient (Wildman–Crippen LogP) is 8.35. The fourth-order valence-corrected chi connectivity index (χ4v) is 6.05. The van der Waals surface area contributed by atoms with E-state index in [4.69, 9.17) is 8.39 Å². The topological polar surface area (TPSA) is 29.5 Å². The summed E-state index contributed by atoms with van der Waals surface area (Å²) in [5.74, 6) is 0. The van der Waals surface area contributed by atoms with Gasteiger partial charge in [0.25, 0.3) is 0 Å². The summed E-state index contributed by atoms with van der Waals surface area (Å²) >= 11 is 0. The van der Waals surface area contributed by atoms with Crippen LogP contribution in [-0.4, -0.2) is 12.1 Å². The first-order valence-corrected chi connectivity index (χ1v) is 11.7. The number of hydrogen-bond acceptors (Lipinski definition) is 3. The molecule has 30 heavy (non-hydrogen) atoms. The fourth-order valence-electron chi connectivity index (χ4n) is 4.43. The first kappa shape index (κ1) is 19.2. The molecule has 0 unspecified atom stereocenters. The molecule has 0 aliphatic carbocycles. The highest BCUT2D eigenvalue weighted by molar-refractivity contribution is 7.39. The van der Waals surface area contributed by atoms with Gasteiger partial charge in [-0.15, -0.1) is 0 Å². The van der Waals surface area contributed by atoms with E-state index in [0.29, 0.717) is 12.1 Å². The SMILES string of the molecule is CC(C)N(C(C)C)p1oc2ccc3ccccc3c2c2c(ccc3ccccc32)o1. The predicted molar refractivity (Wildman–Crippen MR) is 130 cm³/mol. The van der Waals surface area contributed by atoms with Crippen LogP contribution in [0.15, 0.2) is 81.2 Å². The molecule has 0 amide bonds. The van der Waals surface area contributed by atoms with Crippen molar-refractivity contribution in [1.29, 1.82) is 0 Å². The minimum Gasteiger partial charge on any atom is -0.408 e. The summed E-state index contributed by atoms with van der Waals surface area (Å²) in [5.41, 5.74) is 1.78. The second-order valence-electron chi connectivity index (χ2n) is 8.31. The average Bonchev–Trinajstić information content (AvgIpc) is 2.90. The Balaban J connectivity index is 2.07. The quantitative estimate of drug-likeness (QED) is 0.296. The van der Waals surface area contributed by atoms with Crippen LogP contribution in [0.2, 0.25) is 0 Å². The van der Waals surface area contributed by atoms with E-state index < -0.39 is 8.16 Å². The van der Waals surface area contributed by atoms with E-state index in [0.717, 1.165) is 21.9 Å². The molecule has 5 rings (SSSR count). The normalized spacial score (nSPS) is 12.2. The molecule has 0 saturated carbocycles. The largest absolute Gasteiger partial charge is 0.408 e. The lowest BCUT2D eigenvalue weighted by molar-refractivity contribution is 0.570. The molecule has 0 fully saturated rings. The average molecular weight is 415 g/mol. The Morgan fingerprint density at radius 3 is 1.47 bits per heavy atom. The summed E-state index contributed by atoms with van der Waals surface area (Å²) in [5, 5.41) is 7.03. The third-order valence-electron chi connectivity index (χ3n) is 5.63. The van der Waals surface area contributed by atoms with Crippen molar-refractivity contribution in [3.63, 3.8) is 0 Å². The van der Waals surface area contributed by atoms with Gasteiger partial charge in [0.1, 0.15) is 11.2 Å². The van der Waals surface area contributed by atoms with Gasteiger partial charge in [0.05, 0.1) is 0 Å². The van der Waals surface area contributed by atoms with E-state index >= 15 is 0 Å². The Bertz CT molecular complexity index is 1310. The summed E-state index contributed by atoms with van der Waals surface area (Å²) in [6.45, 7) is 8.79. The zero-order chi connectivity index (χ0) is 20.8. The molecule has 0 radical (unpaired) electrons. The van der Waals surface area contributed by atoms with E-state index in [1.807, 2.05) is 0 Å². The Labute approximate surface area is 177 Å². The van der Waals surface area contributed by atoms with Gasteiger partial charge in [-0.25, -0.2) is 0 Å². The highest BCUT2D eigenvalue weighted by Crippen LogP contribution is 2.42. The molecular weight excluding hydrogens is 389 g/mol. The van der Waals surface area contributed by atoms with E-state index in [9.17, 15) is 0 Å². The van der Waals surface area contributed by atoms with Crippen LogP contribution in [0.3, 0.4) is 0 Å². The number of benzene rings is 4. The number of rotatable bonds is 3. The molecule has 5 aromatic rings. The third kappa shape index (κ3) is 3.10. The van der Waals surface area contributed by atoms with Gasteiger partial charge >= 0.3 is 8.16 Å². The minimum absolute atomic E-state index is 0.307. The van der Waals surface area contributed by atoms with E-state index in [2.05, 4.69) is 105 Å². The maximum Gasteiger partial charge on any atom is 0.310 e. The molecule has 0 saturated heterocycles. The van der Waals surface area contributed by atoms with Gasteiger partial charge in [-0.3, -0.25) is 0 Å². The molecule has 0 atom stereocenters. The van der Waals surface area contributed by atoms with Gasteiger partial charge in [0.2, 0.25) is 0 Å². The second kappa shape index (κ2) is 7.50. The molecule has 1 aromatic heterocycles. The van der Waals surface area contributed by atoms with E-state index in [1.165, 1.54) is 21.5 Å². The third-order valence-corrected chi connectivity index (χ3v) is 7.64. The molecule has 152 valence electrons. The highest BCUT2D eigenvalue weighted by Gasteiger charge is 2.22. The Kier molecular flexibility index (Phi) is 4.81. The zero-order valence-corrected chi connectivity index (χ0v) is 18.7. The van der Waals surface area contributed by atoms with Crippen LogP contribution < -0.4 is 4.67 Å². The van der Waals surface area contributed by atoms with Crippen molar-refractivity contribution < 1.29 is 8.39 Å². The van der Waals surface area contributed by atoms with Gasteiger partial charge in [-0.1, -0.05) is 60.7 Å². The monoisotopic (exact) mass is 415 g/mol. The Hall–Kier alpha value is -2.74. The molecule has 4 heteroatoms. The fraction of sp³-hybridized carbons (Fsp3) is 0.231. The van der Waals surface area contributed by atoms with Crippen molar-refractivity contribution in [2.24, 2.45) is 0 Å². The molecule has 1 heterocycles. The molecular formula is C26H26NO2P. The van der Waals surface area contributed by atoms with Gasteiger partial charge in [-0.05, 0) is 61.4 Å². The number of nitrogens with zero attached hydrogens (tertiary/aromatic N) is 1. The zero-order valence-electron chi connectivity index (χ0n) is 17.8. The molecule has 0 aliphatic rings. The summed E-state index contributed by atoms with van der Waals surface area (Å²) in [4.78, 5) is 0. The second-order valence-corrected chi connectivity index (χ2v) is 9.61. The van der Waals surface area contributed by atoms with E-state index in [1.54, 1.807) is 0 Å². The van der Waals surface area contributed by atoms with E-state index in [-0.39, 0.29) is 0 Å². The van der Waals surface area contributed by atoms with Crippen LogP contribution in [0.1, 0.15) is 27.7 Å². The van der Waals surface area contributed by atoms with Crippen LogP contribution in [0.4, 0.5) is 0 Å². The Morgan fingerprint density at radius 2 is 1.03 bits per heavy atom. The summed E-state index contributed by atoms with van der Waals surface area (Å²) < 4.78 is 15.6. The first-order valence-electron chi connectivity index (χ1n) is 10.5. The van der Waals surface area contributed by atoms with Crippen molar-refractivity contribution in [3.05, 3.63) is 72.8 Å². The van der Waals surface area contributed by atoms with Crippen LogP contribution in [-0.2, 0) is 0 Å². The van der Waals surface area contributed by atoms with Crippen molar-refractivity contribution in [3.8, 4) is 0 Å². The molecule has 4 aromatic carbocycles. The molecule has 0 bridgehead atoms. The molecule has 0 spiro atoms. The van der Waals surface area contributed by atoms with Crippen molar-refractivity contribution in [2.75, 3.05) is 4.67 Å². The lowest BCUT2D eigenvalue weighted by atomic mass is 9.99. The van der Waals surface area contributed by atoms with Crippen LogP contribution in [0.5, 0.6) is 0 Å².